The van der Waals surface area contributed by atoms with E-state index in [0.717, 1.165) is 31.4 Å². The predicted molar refractivity (Wildman–Crippen MR) is 90.7 cm³/mol. The van der Waals surface area contributed by atoms with Gasteiger partial charge in [-0.15, -0.1) is 0 Å². The summed E-state index contributed by atoms with van der Waals surface area (Å²) in [6.45, 7) is 6.97. The van der Waals surface area contributed by atoms with Crippen LogP contribution >= 0.6 is 0 Å². The van der Waals surface area contributed by atoms with Crippen molar-refractivity contribution in [1.29, 1.82) is 0 Å². The van der Waals surface area contributed by atoms with Crippen LogP contribution in [0.2, 0.25) is 0 Å². The van der Waals surface area contributed by atoms with Crippen molar-refractivity contribution in [2.24, 2.45) is 5.92 Å². The molecule has 0 aliphatic heterocycles. The molecule has 1 aliphatic carbocycles. The zero-order valence-corrected chi connectivity index (χ0v) is 13.5. The van der Waals surface area contributed by atoms with E-state index in [9.17, 15) is 0 Å². The van der Waals surface area contributed by atoms with Crippen LogP contribution in [0, 0.1) is 5.92 Å². The van der Waals surface area contributed by atoms with Crippen LogP contribution in [0.3, 0.4) is 0 Å². The second-order valence-electron chi connectivity index (χ2n) is 5.84. The maximum Gasteiger partial charge on any atom is 0.119 e. The van der Waals surface area contributed by atoms with Gasteiger partial charge in [-0.2, -0.15) is 0 Å². The summed E-state index contributed by atoms with van der Waals surface area (Å²) in [7, 11) is 0. The second-order valence-corrected chi connectivity index (χ2v) is 5.84. The SMILES string of the molecule is CCNC/C(=C/c1cccc(OCC)c1)C1CCCCC1. The molecular weight excluding hydrogens is 258 g/mol. The molecule has 21 heavy (non-hydrogen) atoms. The van der Waals surface area contributed by atoms with Crippen molar-refractivity contribution in [2.75, 3.05) is 19.7 Å². The van der Waals surface area contributed by atoms with E-state index >= 15 is 0 Å². The molecular formula is C19H29NO. The fourth-order valence-corrected chi connectivity index (χ4v) is 3.13. The largest absolute Gasteiger partial charge is 0.494 e. The first kappa shape index (κ1) is 16.1. The van der Waals surface area contributed by atoms with Gasteiger partial charge in [0, 0.05) is 6.54 Å². The van der Waals surface area contributed by atoms with Crippen molar-refractivity contribution < 1.29 is 4.74 Å². The summed E-state index contributed by atoms with van der Waals surface area (Å²) in [4.78, 5) is 0. The third kappa shape index (κ3) is 5.20. The Labute approximate surface area is 129 Å². The molecule has 2 rings (SSSR count). The van der Waals surface area contributed by atoms with E-state index in [1.165, 1.54) is 37.7 Å². The van der Waals surface area contributed by atoms with Gasteiger partial charge in [0.25, 0.3) is 0 Å². The van der Waals surface area contributed by atoms with E-state index in [1.54, 1.807) is 5.57 Å². The first-order chi connectivity index (χ1) is 10.3. The molecule has 1 aliphatic rings. The molecule has 0 saturated heterocycles. The third-order valence-corrected chi connectivity index (χ3v) is 4.23. The Morgan fingerprint density at radius 2 is 2.05 bits per heavy atom. The minimum Gasteiger partial charge on any atom is -0.494 e. The zero-order valence-electron chi connectivity index (χ0n) is 13.5. The molecule has 1 saturated carbocycles. The molecule has 0 bridgehead atoms. The van der Waals surface area contributed by atoms with Gasteiger partial charge in [0.2, 0.25) is 0 Å². The van der Waals surface area contributed by atoms with Gasteiger partial charge in [-0.25, -0.2) is 0 Å². The van der Waals surface area contributed by atoms with Crippen LogP contribution in [0.4, 0.5) is 0 Å². The van der Waals surface area contributed by atoms with Gasteiger partial charge in [0.15, 0.2) is 0 Å². The Bertz CT molecular complexity index is 447. The van der Waals surface area contributed by atoms with Crippen LogP contribution in [0.15, 0.2) is 29.8 Å². The third-order valence-electron chi connectivity index (χ3n) is 4.23. The number of nitrogens with one attached hydrogen (secondary N) is 1. The molecule has 0 heterocycles. The Morgan fingerprint density at radius 1 is 1.24 bits per heavy atom. The van der Waals surface area contributed by atoms with Crippen molar-refractivity contribution in [3.63, 3.8) is 0 Å². The summed E-state index contributed by atoms with van der Waals surface area (Å²) in [5, 5.41) is 3.51. The molecule has 0 radical (unpaired) electrons. The van der Waals surface area contributed by atoms with Gasteiger partial charge >= 0.3 is 0 Å². The fraction of sp³-hybridized carbons (Fsp3) is 0.579. The number of rotatable bonds is 7. The van der Waals surface area contributed by atoms with Gasteiger partial charge in [0.05, 0.1) is 6.61 Å². The average Bonchev–Trinajstić information content (AvgIpc) is 2.53. The highest BCUT2D eigenvalue weighted by Crippen LogP contribution is 2.31. The van der Waals surface area contributed by atoms with Crippen molar-refractivity contribution in [1.82, 2.24) is 5.32 Å². The molecule has 116 valence electrons. The van der Waals surface area contributed by atoms with Crippen molar-refractivity contribution in [3.8, 4) is 5.75 Å². The summed E-state index contributed by atoms with van der Waals surface area (Å²) in [5.41, 5.74) is 2.82. The Hall–Kier alpha value is -1.28. The van der Waals surface area contributed by atoms with Crippen LogP contribution in [-0.2, 0) is 0 Å². The number of ether oxygens (including phenoxy) is 1. The maximum atomic E-state index is 5.61. The van der Waals surface area contributed by atoms with Crippen molar-refractivity contribution in [3.05, 3.63) is 35.4 Å². The van der Waals surface area contributed by atoms with Crippen LogP contribution in [0.5, 0.6) is 5.75 Å². The molecule has 1 N–H and O–H groups in total. The monoisotopic (exact) mass is 287 g/mol. The van der Waals surface area contributed by atoms with Crippen molar-refractivity contribution in [2.45, 2.75) is 46.0 Å². The smallest absolute Gasteiger partial charge is 0.119 e. The Morgan fingerprint density at radius 3 is 2.76 bits per heavy atom. The lowest BCUT2D eigenvalue weighted by molar-refractivity contribution is 0.340. The molecule has 0 unspecified atom stereocenters. The minimum atomic E-state index is 0.722. The molecule has 0 aromatic heterocycles. The molecule has 1 fully saturated rings. The highest BCUT2D eigenvalue weighted by atomic mass is 16.5. The van der Waals surface area contributed by atoms with Crippen LogP contribution in [0.25, 0.3) is 6.08 Å². The second kappa shape index (κ2) is 8.89. The minimum absolute atomic E-state index is 0.722. The molecule has 0 atom stereocenters. The summed E-state index contributed by atoms with van der Waals surface area (Å²) in [6.07, 6.45) is 9.25. The molecule has 0 spiro atoms. The summed E-state index contributed by atoms with van der Waals surface area (Å²) >= 11 is 0. The maximum absolute atomic E-state index is 5.61. The van der Waals surface area contributed by atoms with Crippen molar-refractivity contribution >= 4 is 6.08 Å². The predicted octanol–water partition coefficient (Wildman–Crippen LogP) is 4.66. The highest BCUT2D eigenvalue weighted by molar-refractivity contribution is 5.55. The molecule has 1 aromatic carbocycles. The average molecular weight is 287 g/mol. The summed E-state index contributed by atoms with van der Waals surface area (Å²) < 4.78 is 5.61. The normalized spacial score (nSPS) is 17.0. The number of benzene rings is 1. The molecule has 0 amide bonds. The lowest BCUT2D eigenvalue weighted by Gasteiger charge is -2.25. The van der Waals surface area contributed by atoms with Gasteiger partial charge in [-0.05, 0) is 49.9 Å². The topological polar surface area (TPSA) is 21.3 Å². The lowest BCUT2D eigenvalue weighted by Crippen LogP contribution is -2.22. The Balaban J connectivity index is 2.15. The summed E-state index contributed by atoms with van der Waals surface area (Å²) in [5.74, 6) is 1.73. The van der Waals surface area contributed by atoms with Gasteiger partial charge in [-0.1, -0.05) is 50.0 Å². The van der Waals surface area contributed by atoms with E-state index in [1.807, 2.05) is 13.0 Å². The first-order valence-corrected chi connectivity index (χ1v) is 8.47. The van der Waals surface area contributed by atoms with Gasteiger partial charge < -0.3 is 10.1 Å². The lowest BCUT2D eigenvalue weighted by atomic mass is 9.83. The number of hydrogen-bond donors (Lipinski definition) is 1. The van der Waals surface area contributed by atoms with E-state index in [4.69, 9.17) is 4.74 Å². The van der Waals surface area contributed by atoms with Crippen LogP contribution < -0.4 is 10.1 Å². The quantitative estimate of drug-likeness (QED) is 0.787. The molecule has 2 nitrogen and oxygen atoms in total. The van der Waals surface area contributed by atoms with E-state index < -0.39 is 0 Å². The van der Waals surface area contributed by atoms with Gasteiger partial charge in [0.1, 0.15) is 5.75 Å². The number of hydrogen-bond acceptors (Lipinski definition) is 2. The summed E-state index contributed by atoms with van der Waals surface area (Å²) in [6, 6.07) is 8.45. The molecule has 1 aromatic rings. The first-order valence-electron chi connectivity index (χ1n) is 8.47. The van der Waals surface area contributed by atoms with Gasteiger partial charge in [-0.3, -0.25) is 0 Å². The number of likely N-dealkylation sites (N-methyl/N-ethyl adjacent to an activating group) is 1. The zero-order chi connectivity index (χ0) is 14.9. The molecule has 2 heteroatoms. The standard InChI is InChI=1S/C19H29NO/c1-3-20-15-18(17-10-6-5-7-11-17)13-16-9-8-12-19(14-16)21-4-2/h8-9,12-14,17,20H,3-7,10-11,15H2,1-2H3/b18-13-. The van der Waals surface area contributed by atoms with Crippen LogP contribution in [0.1, 0.15) is 51.5 Å². The van der Waals surface area contributed by atoms with E-state index in [0.29, 0.717) is 0 Å². The van der Waals surface area contributed by atoms with E-state index in [2.05, 4.69) is 36.5 Å². The van der Waals surface area contributed by atoms with Crippen LogP contribution in [-0.4, -0.2) is 19.7 Å². The highest BCUT2D eigenvalue weighted by Gasteiger charge is 2.17. The van der Waals surface area contributed by atoms with E-state index in [-0.39, 0.29) is 0 Å². The fourth-order valence-electron chi connectivity index (χ4n) is 3.13. The Kier molecular flexibility index (Phi) is 6.81.